The molecule has 0 radical (unpaired) electrons. The molecule has 0 amide bonds. The second-order valence-electron chi connectivity index (χ2n) is 2.20. The van der Waals surface area contributed by atoms with Crippen LogP contribution in [0.25, 0.3) is 0 Å². The molecule has 0 aliphatic heterocycles. The Balaban J connectivity index is 2.75. The van der Waals surface area contributed by atoms with Gasteiger partial charge >= 0.3 is 5.97 Å². The predicted molar refractivity (Wildman–Crippen MR) is 40.0 cm³/mol. The Hall–Kier alpha value is -1.65. The highest BCUT2D eigenvalue weighted by Crippen LogP contribution is 2.29. The van der Waals surface area contributed by atoms with E-state index in [0.717, 1.165) is 6.07 Å². The SMILES string of the molecule is [13CH3][13CH2][13C](=O)Oc1cc(O)[nH]c1O. The molecule has 1 aromatic heterocycles. The fraction of sp³-hybridized carbons (Fsp3) is 0.286. The number of H-pyrrole nitrogens is 1. The Morgan fingerprint density at radius 3 is 2.75 bits per heavy atom. The highest BCUT2D eigenvalue weighted by atomic mass is 16.6. The second kappa shape index (κ2) is 3.17. The Kier molecular flexibility index (Phi) is 2.23. The molecule has 1 rings (SSSR count). The lowest BCUT2D eigenvalue weighted by Gasteiger charge is -1.97. The lowest BCUT2D eigenvalue weighted by atomic mass is 10.6. The van der Waals surface area contributed by atoms with E-state index in [9.17, 15) is 4.79 Å². The predicted octanol–water partition coefficient (Wildman–Crippen LogP) is 0.741. The van der Waals surface area contributed by atoms with Crippen molar-refractivity contribution < 1.29 is 19.7 Å². The minimum absolute atomic E-state index is 0.0562. The van der Waals surface area contributed by atoms with E-state index >= 15 is 0 Å². The van der Waals surface area contributed by atoms with E-state index in [1.54, 1.807) is 6.92 Å². The normalized spacial score (nSPS) is 9.75. The first-order valence-corrected chi connectivity index (χ1v) is 3.45. The van der Waals surface area contributed by atoms with Gasteiger partial charge in [0.25, 0.3) is 0 Å². The molecule has 0 aromatic carbocycles. The molecule has 1 heterocycles. The summed E-state index contributed by atoms with van der Waals surface area (Å²) in [6, 6.07) is 1.13. The van der Waals surface area contributed by atoms with E-state index in [1.165, 1.54) is 0 Å². The Bertz CT molecular complexity index is 292. The summed E-state index contributed by atoms with van der Waals surface area (Å²) < 4.78 is 4.63. The molecule has 0 fully saturated rings. The molecule has 0 bridgehead atoms. The van der Waals surface area contributed by atoms with E-state index in [1.807, 2.05) is 0 Å². The molecule has 0 aliphatic carbocycles. The summed E-state index contributed by atoms with van der Waals surface area (Å²) in [6.07, 6.45) is 0.214. The number of aromatic amines is 1. The number of nitrogens with one attached hydrogen (secondary N) is 1. The highest BCUT2D eigenvalue weighted by Gasteiger charge is 2.10. The van der Waals surface area contributed by atoms with Gasteiger partial charge in [0.05, 0.1) is 0 Å². The van der Waals surface area contributed by atoms with Crippen LogP contribution in [0.15, 0.2) is 6.07 Å². The van der Waals surface area contributed by atoms with Gasteiger partial charge in [-0.05, 0) is 0 Å². The molecule has 5 heteroatoms. The summed E-state index contributed by atoms with van der Waals surface area (Å²) in [7, 11) is 0. The first-order valence-electron chi connectivity index (χ1n) is 3.45. The number of carbonyl (C=O) groups excluding carboxylic acids is 1. The van der Waals surface area contributed by atoms with Gasteiger partial charge in [0.15, 0.2) is 11.6 Å². The molecule has 12 heavy (non-hydrogen) atoms. The molecular formula is C7H9NO4. The van der Waals surface area contributed by atoms with Gasteiger partial charge in [-0.3, -0.25) is 9.78 Å². The molecule has 0 aliphatic rings. The zero-order chi connectivity index (χ0) is 9.14. The molecule has 0 spiro atoms. The van der Waals surface area contributed by atoms with Crippen LogP contribution < -0.4 is 4.74 Å². The minimum atomic E-state index is -0.468. The number of hydrogen-bond donors (Lipinski definition) is 3. The van der Waals surface area contributed by atoms with Crippen molar-refractivity contribution in [2.75, 3.05) is 0 Å². The van der Waals surface area contributed by atoms with Crippen LogP contribution in [0.4, 0.5) is 0 Å². The van der Waals surface area contributed by atoms with Gasteiger partial charge < -0.3 is 14.9 Å². The van der Waals surface area contributed by atoms with Crippen molar-refractivity contribution in [3.05, 3.63) is 6.07 Å². The third kappa shape index (κ3) is 1.69. The lowest BCUT2D eigenvalue weighted by molar-refractivity contribution is -0.134. The van der Waals surface area contributed by atoms with E-state index in [-0.39, 0.29) is 23.9 Å². The minimum Gasteiger partial charge on any atom is -0.494 e. The molecule has 0 saturated carbocycles. The molecule has 5 nitrogen and oxygen atoms in total. The fourth-order valence-corrected chi connectivity index (χ4v) is 0.684. The standard InChI is InChI=1S/C7H9NO4/c1-2-6(10)12-4-3-5(9)8-7(4)11/h3,8-9,11H,2H2,1H3/i1+1,2+1,6+1. The van der Waals surface area contributed by atoms with Gasteiger partial charge in [-0.2, -0.15) is 0 Å². The first kappa shape index (κ1) is 8.45. The van der Waals surface area contributed by atoms with E-state index < -0.39 is 5.97 Å². The summed E-state index contributed by atoms with van der Waals surface area (Å²) in [4.78, 5) is 12.9. The van der Waals surface area contributed by atoms with E-state index in [4.69, 9.17) is 10.2 Å². The number of carbonyl (C=O) groups is 1. The van der Waals surface area contributed by atoms with Crippen LogP contribution in [0.5, 0.6) is 17.5 Å². The molecular weight excluding hydrogens is 165 g/mol. The van der Waals surface area contributed by atoms with E-state index in [0.29, 0.717) is 0 Å². The van der Waals surface area contributed by atoms with Crippen molar-refractivity contribution in [3.8, 4) is 17.5 Å². The Morgan fingerprint density at radius 1 is 1.67 bits per heavy atom. The second-order valence-corrected chi connectivity index (χ2v) is 2.20. The van der Waals surface area contributed by atoms with Crippen molar-refractivity contribution >= 4 is 5.97 Å². The molecule has 0 unspecified atom stereocenters. The van der Waals surface area contributed by atoms with Crippen LogP contribution in [0.2, 0.25) is 0 Å². The summed E-state index contributed by atoms with van der Waals surface area (Å²) in [5.41, 5.74) is 0. The number of aromatic nitrogens is 1. The van der Waals surface area contributed by atoms with Crippen LogP contribution in [0.3, 0.4) is 0 Å². The third-order valence-electron chi connectivity index (χ3n) is 1.26. The van der Waals surface area contributed by atoms with E-state index in [2.05, 4.69) is 9.72 Å². The topological polar surface area (TPSA) is 82.5 Å². The van der Waals surface area contributed by atoms with Crippen molar-refractivity contribution in [2.45, 2.75) is 13.3 Å². The van der Waals surface area contributed by atoms with Crippen molar-refractivity contribution in [3.63, 3.8) is 0 Å². The van der Waals surface area contributed by atoms with Gasteiger partial charge in [0, 0.05) is 12.5 Å². The maximum Gasteiger partial charge on any atom is 0.311 e. The van der Waals surface area contributed by atoms with Gasteiger partial charge in [0.2, 0.25) is 5.88 Å². The fourth-order valence-electron chi connectivity index (χ4n) is 0.684. The summed E-state index contributed by atoms with van der Waals surface area (Å²) in [5.74, 6) is -1.12. The smallest absolute Gasteiger partial charge is 0.311 e. The van der Waals surface area contributed by atoms with Crippen LogP contribution in [0.1, 0.15) is 13.3 Å². The first-order chi connectivity index (χ1) is 5.63. The quantitative estimate of drug-likeness (QED) is 0.456. The zero-order valence-corrected chi connectivity index (χ0v) is 6.50. The van der Waals surface area contributed by atoms with Gasteiger partial charge in [0.1, 0.15) is 0 Å². The van der Waals surface area contributed by atoms with Crippen LogP contribution in [-0.2, 0) is 4.79 Å². The number of rotatable bonds is 2. The number of aromatic hydroxyl groups is 2. The molecule has 66 valence electrons. The van der Waals surface area contributed by atoms with Gasteiger partial charge in [-0.15, -0.1) is 0 Å². The summed E-state index contributed by atoms with van der Waals surface area (Å²) >= 11 is 0. The largest absolute Gasteiger partial charge is 0.494 e. The average Bonchev–Trinajstić information content (AvgIpc) is 2.30. The maximum absolute atomic E-state index is 10.7. The van der Waals surface area contributed by atoms with Gasteiger partial charge in [-0.25, -0.2) is 0 Å². The van der Waals surface area contributed by atoms with Crippen LogP contribution in [0, 0.1) is 0 Å². The Labute approximate surface area is 68.6 Å². The van der Waals surface area contributed by atoms with Crippen LogP contribution in [-0.4, -0.2) is 21.2 Å². The lowest BCUT2D eigenvalue weighted by Crippen LogP contribution is -2.04. The molecule has 3 N–H and O–H groups in total. The summed E-state index contributed by atoms with van der Waals surface area (Å²) in [5, 5.41) is 17.8. The number of hydrogen-bond acceptors (Lipinski definition) is 4. The highest BCUT2D eigenvalue weighted by molar-refractivity contribution is 5.72. The number of esters is 1. The van der Waals surface area contributed by atoms with Crippen molar-refractivity contribution in [2.24, 2.45) is 0 Å². The van der Waals surface area contributed by atoms with Crippen LogP contribution >= 0.6 is 0 Å². The molecule has 0 saturated heterocycles. The number of ether oxygens (including phenoxy) is 1. The van der Waals surface area contributed by atoms with Gasteiger partial charge in [-0.1, -0.05) is 6.92 Å². The van der Waals surface area contributed by atoms with Crippen molar-refractivity contribution in [1.82, 2.24) is 4.98 Å². The average molecular weight is 174 g/mol. The summed E-state index contributed by atoms with van der Waals surface area (Å²) in [6.45, 7) is 1.63. The molecule has 1 aromatic rings. The Morgan fingerprint density at radius 2 is 2.33 bits per heavy atom. The monoisotopic (exact) mass is 174 g/mol. The molecule has 0 atom stereocenters. The zero-order valence-electron chi connectivity index (χ0n) is 6.50. The maximum atomic E-state index is 10.7. The third-order valence-corrected chi connectivity index (χ3v) is 1.26. The van der Waals surface area contributed by atoms with Crippen molar-refractivity contribution in [1.29, 1.82) is 0 Å².